The second-order valence-electron chi connectivity index (χ2n) is 8.45. The van der Waals surface area contributed by atoms with Crippen LogP contribution in [-0.4, -0.2) is 47.0 Å². The SMILES string of the molecule is Cc1ccccc1C[NH+]1CCN(C(=O)c2cc(-c3ccncc3)nc3ccccc23)CC1. The number of hydrogen-bond donors (Lipinski definition) is 1. The maximum atomic E-state index is 13.6. The number of benzene rings is 2. The van der Waals surface area contributed by atoms with Gasteiger partial charge in [-0.25, -0.2) is 4.98 Å². The van der Waals surface area contributed by atoms with Crippen molar-refractivity contribution in [2.24, 2.45) is 0 Å². The summed E-state index contributed by atoms with van der Waals surface area (Å²) in [7, 11) is 0. The van der Waals surface area contributed by atoms with Crippen molar-refractivity contribution in [1.29, 1.82) is 0 Å². The van der Waals surface area contributed by atoms with Crippen molar-refractivity contribution >= 4 is 16.8 Å². The molecule has 0 unspecified atom stereocenters. The molecule has 0 radical (unpaired) electrons. The van der Waals surface area contributed by atoms with Crippen molar-refractivity contribution in [3.05, 3.63) is 95.8 Å². The number of carbonyl (C=O) groups is 1. The summed E-state index contributed by atoms with van der Waals surface area (Å²) in [6.07, 6.45) is 3.51. The zero-order valence-corrected chi connectivity index (χ0v) is 18.3. The summed E-state index contributed by atoms with van der Waals surface area (Å²) in [5.41, 5.74) is 6.07. The molecule has 1 fully saturated rings. The number of carbonyl (C=O) groups excluding carboxylic acids is 1. The van der Waals surface area contributed by atoms with E-state index in [2.05, 4.69) is 36.2 Å². The number of para-hydroxylation sites is 1. The Morgan fingerprint density at radius 1 is 0.969 bits per heavy atom. The predicted octanol–water partition coefficient (Wildman–Crippen LogP) is 3.15. The van der Waals surface area contributed by atoms with E-state index in [-0.39, 0.29) is 5.91 Å². The molecule has 32 heavy (non-hydrogen) atoms. The van der Waals surface area contributed by atoms with Gasteiger partial charge in [-0.15, -0.1) is 0 Å². The average molecular weight is 424 g/mol. The van der Waals surface area contributed by atoms with Crippen LogP contribution in [0.1, 0.15) is 21.5 Å². The summed E-state index contributed by atoms with van der Waals surface area (Å²) >= 11 is 0. The molecule has 1 saturated heterocycles. The Morgan fingerprint density at radius 3 is 2.47 bits per heavy atom. The molecule has 0 atom stereocenters. The van der Waals surface area contributed by atoms with Gasteiger partial charge in [-0.05, 0) is 36.8 Å². The molecule has 5 heteroatoms. The quantitative estimate of drug-likeness (QED) is 0.549. The molecule has 4 aromatic rings. The minimum Gasteiger partial charge on any atom is -0.328 e. The second kappa shape index (κ2) is 8.89. The number of piperazine rings is 1. The molecule has 0 saturated carbocycles. The van der Waals surface area contributed by atoms with Crippen molar-refractivity contribution in [3.63, 3.8) is 0 Å². The highest BCUT2D eigenvalue weighted by Gasteiger charge is 2.26. The molecule has 2 aromatic carbocycles. The van der Waals surface area contributed by atoms with E-state index in [1.807, 2.05) is 47.4 Å². The molecule has 0 bridgehead atoms. The zero-order valence-electron chi connectivity index (χ0n) is 18.3. The van der Waals surface area contributed by atoms with E-state index in [0.29, 0.717) is 0 Å². The van der Waals surface area contributed by atoms with E-state index >= 15 is 0 Å². The van der Waals surface area contributed by atoms with Crippen molar-refractivity contribution in [1.82, 2.24) is 14.9 Å². The summed E-state index contributed by atoms with van der Waals surface area (Å²) in [4.78, 5) is 26.0. The fourth-order valence-electron chi connectivity index (χ4n) is 4.47. The van der Waals surface area contributed by atoms with E-state index in [1.54, 1.807) is 12.4 Å². The Balaban J connectivity index is 1.38. The highest BCUT2D eigenvalue weighted by Crippen LogP contribution is 2.25. The van der Waals surface area contributed by atoms with Crippen LogP contribution < -0.4 is 4.90 Å². The fourth-order valence-corrected chi connectivity index (χ4v) is 4.47. The number of quaternary nitrogens is 1. The highest BCUT2D eigenvalue weighted by atomic mass is 16.2. The van der Waals surface area contributed by atoms with E-state index in [1.165, 1.54) is 16.0 Å². The van der Waals surface area contributed by atoms with Crippen LogP contribution in [0.2, 0.25) is 0 Å². The first-order valence-corrected chi connectivity index (χ1v) is 11.2. The third-order valence-electron chi connectivity index (χ3n) is 6.38. The number of aromatic nitrogens is 2. The first-order chi connectivity index (χ1) is 15.7. The monoisotopic (exact) mass is 423 g/mol. The molecular weight excluding hydrogens is 396 g/mol. The third kappa shape index (κ3) is 4.12. The standard InChI is InChI=1S/C27H26N4O/c1-20-6-2-3-7-22(20)19-30-14-16-31(17-15-30)27(32)24-18-26(21-10-12-28-13-11-21)29-25-9-5-4-8-23(24)25/h2-13,18H,14-17,19H2,1H3/p+1. The van der Waals surface area contributed by atoms with Crippen LogP contribution in [0.25, 0.3) is 22.2 Å². The molecule has 5 nitrogen and oxygen atoms in total. The van der Waals surface area contributed by atoms with Gasteiger partial charge in [0.25, 0.3) is 5.91 Å². The predicted molar refractivity (Wildman–Crippen MR) is 126 cm³/mol. The van der Waals surface area contributed by atoms with Gasteiger partial charge in [0.1, 0.15) is 6.54 Å². The van der Waals surface area contributed by atoms with Crippen LogP contribution >= 0.6 is 0 Å². The molecule has 1 amide bonds. The lowest BCUT2D eigenvalue weighted by Crippen LogP contribution is -3.13. The Labute approximate surface area is 188 Å². The maximum absolute atomic E-state index is 13.6. The normalized spacial score (nSPS) is 14.6. The van der Waals surface area contributed by atoms with Gasteiger partial charge in [0.05, 0.1) is 43.0 Å². The summed E-state index contributed by atoms with van der Waals surface area (Å²) in [5.74, 6) is 0.0915. The fraction of sp³-hybridized carbons (Fsp3) is 0.222. The smallest absolute Gasteiger partial charge is 0.255 e. The number of aryl methyl sites for hydroxylation is 1. The average Bonchev–Trinajstić information content (AvgIpc) is 2.85. The first-order valence-electron chi connectivity index (χ1n) is 11.2. The lowest BCUT2D eigenvalue weighted by Gasteiger charge is -2.32. The van der Waals surface area contributed by atoms with Gasteiger partial charge in [0.15, 0.2) is 0 Å². The van der Waals surface area contributed by atoms with Gasteiger partial charge in [-0.1, -0.05) is 42.5 Å². The summed E-state index contributed by atoms with van der Waals surface area (Å²) in [5, 5.41) is 0.907. The van der Waals surface area contributed by atoms with Gasteiger partial charge in [-0.2, -0.15) is 0 Å². The highest BCUT2D eigenvalue weighted by molar-refractivity contribution is 6.07. The zero-order chi connectivity index (χ0) is 21.9. The Hall–Kier alpha value is -3.57. The van der Waals surface area contributed by atoms with Gasteiger partial charge >= 0.3 is 0 Å². The van der Waals surface area contributed by atoms with Crippen LogP contribution in [0.5, 0.6) is 0 Å². The minimum atomic E-state index is 0.0915. The number of pyridine rings is 2. The maximum Gasteiger partial charge on any atom is 0.255 e. The molecule has 0 spiro atoms. The van der Waals surface area contributed by atoms with Gasteiger partial charge in [0, 0.05) is 28.9 Å². The first kappa shape index (κ1) is 20.3. The number of nitrogens with one attached hydrogen (secondary N) is 1. The number of fused-ring (bicyclic) bond motifs is 1. The Kier molecular flexibility index (Phi) is 5.65. The summed E-state index contributed by atoms with van der Waals surface area (Å²) in [6.45, 7) is 6.63. The molecule has 1 aliphatic heterocycles. The summed E-state index contributed by atoms with van der Waals surface area (Å²) in [6, 6.07) is 22.3. The van der Waals surface area contributed by atoms with Crippen LogP contribution in [-0.2, 0) is 6.54 Å². The molecule has 160 valence electrons. The van der Waals surface area contributed by atoms with Gasteiger partial charge < -0.3 is 9.80 Å². The molecule has 2 aromatic heterocycles. The van der Waals surface area contributed by atoms with Crippen LogP contribution in [0, 0.1) is 6.92 Å². The van der Waals surface area contributed by atoms with Crippen molar-refractivity contribution in [2.45, 2.75) is 13.5 Å². The van der Waals surface area contributed by atoms with Crippen LogP contribution in [0.3, 0.4) is 0 Å². The van der Waals surface area contributed by atoms with Gasteiger partial charge in [0.2, 0.25) is 0 Å². The molecular formula is C27H27N4O+. The Morgan fingerprint density at radius 2 is 1.69 bits per heavy atom. The van der Waals surface area contributed by atoms with Crippen molar-refractivity contribution in [3.8, 4) is 11.3 Å². The van der Waals surface area contributed by atoms with E-state index in [4.69, 9.17) is 4.98 Å². The molecule has 3 heterocycles. The lowest BCUT2D eigenvalue weighted by atomic mass is 10.0. The molecule has 1 aliphatic rings. The van der Waals surface area contributed by atoms with Crippen molar-refractivity contribution < 1.29 is 9.69 Å². The largest absolute Gasteiger partial charge is 0.328 e. The minimum absolute atomic E-state index is 0.0915. The van der Waals surface area contributed by atoms with E-state index in [0.717, 1.165) is 60.4 Å². The number of amides is 1. The number of rotatable bonds is 4. The molecule has 1 N–H and O–H groups in total. The van der Waals surface area contributed by atoms with Crippen LogP contribution in [0.4, 0.5) is 0 Å². The van der Waals surface area contributed by atoms with Crippen molar-refractivity contribution in [2.75, 3.05) is 26.2 Å². The lowest BCUT2D eigenvalue weighted by molar-refractivity contribution is -0.917. The number of nitrogens with zero attached hydrogens (tertiary/aromatic N) is 3. The van der Waals surface area contributed by atoms with Gasteiger partial charge in [-0.3, -0.25) is 9.78 Å². The third-order valence-corrected chi connectivity index (χ3v) is 6.38. The van der Waals surface area contributed by atoms with E-state index in [9.17, 15) is 4.79 Å². The topological polar surface area (TPSA) is 50.5 Å². The molecule has 0 aliphatic carbocycles. The van der Waals surface area contributed by atoms with E-state index < -0.39 is 0 Å². The summed E-state index contributed by atoms with van der Waals surface area (Å²) < 4.78 is 0. The van der Waals surface area contributed by atoms with Crippen LogP contribution in [0.15, 0.2) is 79.1 Å². The second-order valence-corrected chi connectivity index (χ2v) is 8.45. The molecule has 5 rings (SSSR count). The number of hydrogen-bond acceptors (Lipinski definition) is 3. The Bertz CT molecular complexity index is 1250.